The molecule has 1 aromatic carbocycles. The first kappa shape index (κ1) is 22.5. The van der Waals surface area contributed by atoms with E-state index in [2.05, 4.69) is 99.4 Å². The summed E-state index contributed by atoms with van der Waals surface area (Å²) in [7, 11) is -2.69. The summed E-state index contributed by atoms with van der Waals surface area (Å²) in [5.41, 5.74) is 7.71. The summed E-state index contributed by atoms with van der Waals surface area (Å²) in [5, 5.41) is 4.10. The van der Waals surface area contributed by atoms with E-state index in [0.717, 1.165) is 0 Å². The van der Waals surface area contributed by atoms with Crippen LogP contribution in [0.15, 0.2) is 36.0 Å². The summed E-state index contributed by atoms with van der Waals surface area (Å²) in [5.74, 6) is 0. The first-order valence-corrected chi connectivity index (χ1v) is 22.0. The molecule has 0 amide bonds. The zero-order valence-corrected chi connectivity index (χ0v) is 21.7. The summed E-state index contributed by atoms with van der Waals surface area (Å²) in [6.07, 6.45) is 2.33. The van der Waals surface area contributed by atoms with Gasteiger partial charge in [-0.25, -0.2) is 0 Å². The van der Waals surface area contributed by atoms with Crippen LogP contribution in [0.3, 0.4) is 0 Å². The second-order valence-corrected chi connectivity index (χ2v) is 28.4. The van der Waals surface area contributed by atoms with Gasteiger partial charge in [0.1, 0.15) is 0 Å². The molecule has 0 aliphatic rings. The van der Waals surface area contributed by atoms with Gasteiger partial charge in [0.2, 0.25) is 0 Å². The number of hydrogen-bond acceptors (Lipinski definition) is 0. The minimum absolute atomic E-state index is 1.29. The summed E-state index contributed by atoms with van der Waals surface area (Å²) in [6.45, 7) is 17.1. The minimum atomic E-state index is -1.83. The summed E-state index contributed by atoms with van der Waals surface area (Å²) in [6, 6.07) is 13.4. The first-order chi connectivity index (χ1) is 11.7. The van der Waals surface area contributed by atoms with Crippen LogP contribution in [0.2, 0.25) is 54.0 Å². The molecule has 0 N–H and O–H groups in total. The van der Waals surface area contributed by atoms with Gasteiger partial charge in [-0.1, -0.05) is 0 Å². The average Bonchev–Trinajstić information content (AvgIpc) is 2.61. The van der Waals surface area contributed by atoms with Crippen molar-refractivity contribution in [3.05, 3.63) is 41.6 Å². The van der Waals surface area contributed by atoms with Gasteiger partial charge in [0.15, 0.2) is 0 Å². The van der Waals surface area contributed by atoms with E-state index in [1.54, 1.807) is 0 Å². The van der Waals surface area contributed by atoms with Crippen LogP contribution in [-0.2, 0) is 0 Å². The molecule has 0 saturated carbocycles. The molecule has 0 spiro atoms. The molecular formula is C22H38GeSi2. The Morgan fingerprint density at radius 3 is 1.96 bits per heavy atom. The number of rotatable bonds is 8. The third-order valence-corrected chi connectivity index (χ3v) is 21.4. The summed E-state index contributed by atoms with van der Waals surface area (Å²) >= 11 is -1.83. The molecular weight excluding hydrogens is 393 g/mol. The molecule has 0 heterocycles. The molecule has 25 heavy (non-hydrogen) atoms. The maximum absolute atomic E-state index is 3.91. The second-order valence-electron chi connectivity index (χ2n) is 8.71. The average molecular weight is 431 g/mol. The van der Waals surface area contributed by atoms with Gasteiger partial charge in [0.05, 0.1) is 0 Å². The quantitative estimate of drug-likeness (QED) is 0.301. The molecule has 0 radical (unpaired) electrons. The van der Waals surface area contributed by atoms with Crippen LogP contribution in [0.1, 0.15) is 26.3 Å². The molecule has 1 rings (SSSR count). The van der Waals surface area contributed by atoms with Crippen molar-refractivity contribution in [1.29, 1.82) is 0 Å². The van der Waals surface area contributed by atoms with Crippen molar-refractivity contribution in [2.45, 2.75) is 74.8 Å². The van der Waals surface area contributed by atoms with Crippen molar-refractivity contribution < 1.29 is 0 Å². The molecule has 0 aliphatic heterocycles. The topological polar surface area (TPSA) is 0 Å². The van der Waals surface area contributed by atoms with Gasteiger partial charge in [-0.2, -0.15) is 0 Å². The van der Waals surface area contributed by atoms with E-state index in [0.29, 0.717) is 0 Å². The second kappa shape index (κ2) is 9.99. The monoisotopic (exact) mass is 432 g/mol. The van der Waals surface area contributed by atoms with Crippen LogP contribution in [-0.4, -0.2) is 29.4 Å². The Morgan fingerprint density at radius 1 is 0.880 bits per heavy atom. The Balaban J connectivity index is 2.73. The fraction of sp³-hybridized carbons (Fsp3) is 0.545. The Kier molecular flexibility index (Phi) is 9.01. The van der Waals surface area contributed by atoms with Crippen molar-refractivity contribution in [3.63, 3.8) is 0 Å². The van der Waals surface area contributed by atoms with Gasteiger partial charge in [-0.05, 0) is 0 Å². The van der Waals surface area contributed by atoms with E-state index in [-0.39, 0.29) is 0 Å². The molecule has 0 fully saturated rings. The molecule has 0 nitrogen and oxygen atoms in total. The third-order valence-electron chi connectivity index (χ3n) is 5.62. The van der Waals surface area contributed by atoms with Crippen LogP contribution < -0.4 is 0 Å². The molecule has 0 atom stereocenters. The molecule has 1 aromatic rings. The van der Waals surface area contributed by atoms with Crippen molar-refractivity contribution in [3.8, 4) is 10.3 Å². The van der Waals surface area contributed by atoms with Crippen molar-refractivity contribution in [2.24, 2.45) is 0 Å². The molecule has 3 heteroatoms. The van der Waals surface area contributed by atoms with E-state index in [1.165, 1.54) is 33.4 Å². The predicted octanol–water partition coefficient (Wildman–Crippen LogP) is 7.25. The van der Waals surface area contributed by atoms with Gasteiger partial charge < -0.3 is 0 Å². The van der Waals surface area contributed by atoms with Crippen molar-refractivity contribution in [1.82, 2.24) is 0 Å². The molecule has 0 aliphatic carbocycles. The van der Waals surface area contributed by atoms with E-state index in [4.69, 9.17) is 0 Å². The van der Waals surface area contributed by atoms with Gasteiger partial charge in [-0.15, -0.1) is 0 Å². The zero-order valence-electron chi connectivity index (χ0n) is 17.6. The first-order valence-electron chi connectivity index (χ1n) is 9.96. The number of benzene rings is 1. The fourth-order valence-corrected chi connectivity index (χ4v) is 17.7. The summed E-state index contributed by atoms with van der Waals surface area (Å²) in [4.78, 5) is 0. The maximum atomic E-state index is 3.91. The van der Waals surface area contributed by atoms with Crippen LogP contribution in [0.4, 0.5) is 0 Å². The summed E-state index contributed by atoms with van der Waals surface area (Å²) < 4.78 is 3.91. The fourth-order valence-electron chi connectivity index (χ4n) is 2.98. The van der Waals surface area contributed by atoms with E-state index in [1.807, 2.05) is 0 Å². The zero-order chi connectivity index (χ0) is 19.0. The van der Waals surface area contributed by atoms with Crippen LogP contribution in [0.5, 0.6) is 0 Å². The van der Waals surface area contributed by atoms with Gasteiger partial charge in [0.25, 0.3) is 0 Å². The third kappa shape index (κ3) is 8.15. The Labute approximate surface area is 161 Å². The van der Waals surface area contributed by atoms with Gasteiger partial charge in [-0.3, -0.25) is 0 Å². The SMILES string of the molecule is C[CH2][Ge]([C]#C[Si](C)(C)CC[Si](C)(C)C=Cc1ccccc1)([CH2]C)[CH2]C. The van der Waals surface area contributed by atoms with Crippen molar-refractivity contribution in [2.75, 3.05) is 0 Å². The van der Waals surface area contributed by atoms with E-state index >= 15 is 0 Å². The Hall–Kier alpha value is -0.503. The molecule has 0 bridgehead atoms. The van der Waals surface area contributed by atoms with Crippen molar-refractivity contribution >= 4 is 35.5 Å². The predicted molar refractivity (Wildman–Crippen MR) is 125 cm³/mol. The normalized spacial score (nSPS) is 12.9. The number of hydrogen-bond donors (Lipinski definition) is 0. The Morgan fingerprint density at radius 2 is 1.44 bits per heavy atom. The van der Waals surface area contributed by atoms with E-state index < -0.39 is 29.4 Å². The molecule has 138 valence electrons. The van der Waals surface area contributed by atoms with Crippen LogP contribution in [0.25, 0.3) is 6.08 Å². The van der Waals surface area contributed by atoms with Gasteiger partial charge in [0, 0.05) is 0 Å². The molecule has 0 aromatic heterocycles. The van der Waals surface area contributed by atoms with Crippen LogP contribution in [0, 0.1) is 10.3 Å². The van der Waals surface area contributed by atoms with Gasteiger partial charge >= 0.3 is 162 Å². The standard InChI is InChI=1S/C22H38GeSi2/c1-8-23(9-2,10-3)17-19-25(6,7)21-20-24(4,5)18-16-22-14-12-11-13-15-22/h11-16,18H,8-10,20-21H2,1-7H3. The van der Waals surface area contributed by atoms with E-state index in [9.17, 15) is 0 Å². The molecule has 0 saturated heterocycles. The Bertz CT molecular complexity index is 594. The molecule has 0 unspecified atom stereocenters. The van der Waals surface area contributed by atoms with Crippen LogP contribution >= 0.6 is 0 Å².